The van der Waals surface area contributed by atoms with Crippen molar-refractivity contribution in [1.82, 2.24) is 4.90 Å². The van der Waals surface area contributed by atoms with E-state index in [4.69, 9.17) is 5.73 Å². The molecule has 1 aromatic carbocycles. The number of likely N-dealkylation sites (N-methyl/N-ethyl adjacent to an activating group) is 1. The van der Waals surface area contributed by atoms with E-state index in [2.05, 4.69) is 0 Å². The first kappa shape index (κ1) is 14.1. The fourth-order valence-corrected chi connectivity index (χ4v) is 2.14. The summed E-state index contributed by atoms with van der Waals surface area (Å²) in [5, 5.41) is 0. The summed E-state index contributed by atoms with van der Waals surface area (Å²) >= 11 is 0. The minimum absolute atomic E-state index is 0.177. The Hall–Kier alpha value is -1.00. The summed E-state index contributed by atoms with van der Waals surface area (Å²) in [6.07, 6.45) is -2.34. The molecule has 0 spiro atoms. The molecule has 1 aromatic rings. The summed E-state index contributed by atoms with van der Waals surface area (Å²) in [6.45, 7) is 3.56. The molecule has 0 saturated heterocycles. The molecule has 0 bridgehead atoms. The molecule has 2 N–H and O–H groups in total. The third-order valence-corrected chi connectivity index (χ3v) is 2.78. The lowest BCUT2D eigenvalue weighted by molar-refractivity contribution is 0.0754. The molecule has 2 nitrogen and oxygen atoms in total. The average Bonchev–Trinajstić information content (AvgIpc) is 2.15. The highest BCUT2D eigenvalue weighted by Gasteiger charge is 2.23. The van der Waals surface area contributed by atoms with Gasteiger partial charge in [0.1, 0.15) is 0 Å². The molecule has 0 saturated carbocycles. The summed E-state index contributed by atoms with van der Waals surface area (Å²) in [5.41, 5.74) is 8.01. The number of halogens is 2. The second kappa shape index (κ2) is 6.07. The number of benzene rings is 1. The van der Waals surface area contributed by atoms with Gasteiger partial charge in [0.15, 0.2) is 0 Å². The van der Waals surface area contributed by atoms with E-state index in [0.29, 0.717) is 0 Å². The molecule has 0 aromatic heterocycles. The van der Waals surface area contributed by atoms with Gasteiger partial charge in [0.25, 0.3) is 6.43 Å². The van der Waals surface area contributed by atoms with Gasteiger partial charge in [-0.2, -0.15) is 0 Å². The zero-order chi connectivity index (χ0) is 13.0. The summed E-state index contributed by atoms with van der Waals surface area (Å²) < 4.78 is 24.8. The monoisotopic (exact) mass is 242 g/mol. The lowest BCUT2D eigenvalue weighted by atomic mass is 9.98. The number of nitrogens with two attached hydrogens (primary N) is 1. The predicted octanol–water partition coefficient (Wildman–Crippen LogP) is 2.58. The maximum Gasteiger partial charge on any atom is 0.251 e. The van der Waals surface area contributed by atoms with Gasteiger partial charge >= 0.3 is 0 Å². The molecule has 96 valence electrons. The first-order valence-electron chi connectivity index (χ1n) is 5.72. The summed E-state index contributed by atoms with van der Waals surface area (Å²) in [5.74, 6) is 0. The quantitative estimate of drug-likeness (QED) is 0.860. The Morgan fingerprint density at radius 3 is 2.47 bits per heavy atom. The summed E-state index contributed by atoms with van der Waals surface area (Å²) in [6, 6.07) is 7.47. The second-order valence-corrected chi connectivity index (χ2v) is 4.55. The van der Waals surface area contributed by atoms with Crippen molar-refractivity contribution in [2.24, 2.45) is 5.73 Å². The van der Waals surface area contributed by atoms with Crippen molar-refractivity contribution in [3.8, 4) is 0 Å². The van der Waals surface area contributed by atoms with Crippen LogP contribution in [0, 0.1) is 6.92 Å². The van der Waals surface area contributed by atoms with E-state index < -0.39 is 6.43 Å². The van der Waals surface area contributed by atoms with Gasteiger partial charge in [0.05, 0.1) is 6.54 Å². The molecule has 0 aliphatic rings. The molecule has 2 unspecified atom stereocenters. The SMILES string of the molecule is Cc1cccc(C(C(C)N)N(C)CC(F)F)c1. The van der Waals surface area contributed by atoms with Gasteiger partial charge in [0, 0.05) is 12.1 Å². The van der Waals surface area contributed by atoms with Crippen molar-refractivity contribution in [1.29, 1.82) is 0 Å². The predicted molar refractivity (Wildman–Crippen MR) is 66.2 cm³/mol. The minimum atomic E-state index is -2.34. The third-order valence-electron chi connectivity index (χ3n) is 2.78. The number of hydrogen-bond acceptors (Lipinski definition) is 2. The average molecular weight is 242 g/mol. The number of hydrogen-bond donors (Lipinski definition) is 1. The molecule has 0 heterocycles. The van der Waals surface area contributed by atoms with E-state index in [1.165, 1.54) is 0 Å². The van der Waals surface area contributed by atoms with Crippen LogP contribution in [0.3, 0.4) is 0 Å². The van der Waals surface area contributed by atoms with Crippen molar-refractivity contribution >= 4 is 0 Å². The van der Waals surface area contributed by atoms with Gasteiger partial charge in [-0.3, -0.25) is 4.90 Å². The van der Waals surface area contributed by atoms with E-state index in [9.17, 15) is 8.78 Å². The van der Waals surface area contributed by atoms with Gasteiger partial charge < -0.3 is 5.73 Å². The fraction of sp³-hybridized carbons (Fsp3) is 0.538. The number of aryl methyl sites for hydroxylation is 1. The van der Waals surface area contributed by atoms with E-state index >= 15 is 0 Å². The van der Waals surface area contributed by atoms with Crippen molar-refractivity contribution in [3.63, 3.8) is 0 Å². The van der Waals surface area contributed by atoms with Gasteiger partial charge in [-0.1, -0.05) is 29.8 Å². The largest absolute Gasteiger partial charge is 0.326 e. The Labute approximate surface area is 101 Å². The van der Waals surface area contributed by atoms with Crippen LogP contribution in [0.15, 0.2) is 24.3 Å². The fourth-order valence-electron chi connectivity index (χ4n) is 2.14. The van der Waals surface area contributed by atoms with Gasteiger partial charge in [-0.15, -0.1) is 0 Å². The molecule has 17 heavy (non-hydrogen) atoms. The maximum absolute atomic E-state index is 12.4. The van der Waals surface area contributed by atoms with Crippen LogP contribution in [0.1, 0.15) is 24.1 Å². The Morgan fingerprint density at radius 2 is 2.00 bits per heavy atom. The van der Waals surface area contributed by atoms with Crippen LogP contribution in [0.5, 0.6) is 0 Å². The van der Waals surface area contributed by atoms with E-state index in [1.807, 2.05) is 38.1 Å². The van der Waals surface area contributed by atoms with Gasteiger partial charge in [-0.25, -0.2) is 8.78 Å². The van der Waals surface area contributed by atoms with Crippen LogP contribution in [0.25, 0.3) is 0 Å². The summed E-state index contributed by atoms with van der Waals surface area (Å²) in [7, 11) is 1.68. The van der Waals surface area contributed by atoms with Gasteiger partial charge in [0.2, 0.25) is 0 Å². The van der Waals surface area contributed by atoms with Crippen LogP contribution < -0.4 is 5.73 Å². The summed E-state index contributed by atoms with van der Waals surface area (Å²) in [4.78, 5) is 1.62. The number of nitrogens with zero attached hydrogens (tertiary/aromatic N) is 1. The molecule has 2 atom stereocenters. The first-order chi connectivity index (χ1) is 7.91. The zero-order valence-electron chi connectivity index (χ0n) is 10.5. The van der Waals surface area contributed by atoms with E-state index in [-0.39, 0.29) is 18.6 Å². The van der Waals surface area contributed by atoms with E-state index in [1.54, 1.807) is 11.9 Å². The molecule has 0 amide bonds. The van der Waals surface area contributed by atoms with Crippen molar-refractivity contribution < 1.29 is 8.78 Å². The van der Waals surface area contributed by atoms with Crippen LogP contribution in [-0.4, -0.2) is 31.0 Å². The highest BCUT2D eigenvalue weighted by molar-refractivity contribution is 5.26. The smallest absolute Gasteiger partial charge is 0.251 e. The number of rotatable bonds is 5. The molecular weight excluding hydrogens is 222 g/mol. The second-order valence-electron chi connectivity index (χ2n) is 4.55. The van der Waals surface area contributed by atoms with Gasteiger partial charge in [-0.05, 0) is 26.5 Å². The van der Waals surface area contributed by atoms with Crippen molar-refractivity contribution in [2.75, 3.05) is 13.6 Å². The Kier molecular flexibility index (Phi) is 5.02. The van der Waals surface area contributed by atoms with Crippen LogP contribution in [-0.2, 0) is 0 Å². The van der Waals surface area contributed by atoms with Crippen LogP contribution in [0.2, 0.25) is 0 Å². The Balaban J connectivity index is 2.93. The molecule has 0 aliphatic carbocycles. The molecular formula is C13H20F2N2. The lowest BCUT2D eigenvalue weighted by Crippen LogP contribution is -2.39. The van der Waals surface area contributed by atoms with E-state index in [0.717, 1.165) is 11.1 Å². The van der Waals surface area contributed by atoms with Crippen molar-refractivity contribution in [3.05, 3.63) is 35.4 Å². The molecule has 0 fully saturated rings. The van der Waals surface area contributed by atoms with Crippen molar-refractivity contribution in [2.45, 2.75) is 32.4 Å². The van der Waals surface area contributed by atoms with Crippen LogP contribution in [0.4, 0.5) is 8.78 Å². The highest BCUT2D eigenvalue weighted by Crippen LogP contribution is 2.23. The molecule has 1 rings (SSSR count). The maximum atomic E-state index is 12.4. The molecule has 4 heteroatoms. The first-order valence-corrected chi connectivity index (χ1v) is 5.72. The minimum Gasteiger partial charge on any atom is -0.326 e. The molecule has 0 aliphatic heterocycles. The topological polar surface area (TPSA) is 29.3 Å². The highest BCUT2D eigenvalue weighted by atomic mass is 19.3. The Morgan fingerprint density at radius 1 is 1.35 bits per heavy atom. The standard InChI is InChI=1S/C13H20F2N2/c1-9-5-4-6-11(7-9)13(10(2)16)17(3)8-12(14)15/h4-7,10,12-13H,8,16H2,1-3H3. The lowest BCUT2D eigenvalue weighted by Gasteiger charge is -2.31. The zero-order valence-corrected chi connectivity index (χ0v) is 10.5. The normalized spacial score (nSPS) is 15.3. The number of alkyl halides is 2. The molecule has 0 radical (unpaired) electrons. The third kappa shape index (κ3) is 4.06. The Bertz CT molecular complexity index is 353. The van der Waals surface area contributed by atoms with Crippen LogP contribution >= 0.6 is 0 Å².